The van der Waals surface area contributed by atoms with E-state index in [4.69, 9.17) is 0 Å². The van der Waals surface area contributed by atoms with Gasteiger partial charge >= 0.3 is 5.97 Å². The molecule has 0 aromatic heterocycles. The number of carboxylic acid groups (broad SMARTS) is 1. The molecule has 0 aliphatic rings. The fraction of sp³-hybridized carbons (Fsp3) is 0.278. The normalized spacial score (nSPS) is 13.3. The fourth-order valence-corrected chi connectivity index (χ4v) is 3.20. The van der Waals surface area contributed by atoms with Gasteiger partial charge in [-0.2, -0.15) is 0 Å². The minimum absolute atomic E-state index is 0.128. The van der Waals surface area contributed by atoms with E-state index in [1.54, 1.807) is 26.8 Å². The first-order chi connectivity index (χ1) is 10.6. The van der Waals surface area contributed by atoms with Crippen LogP contribution in [0.3, 0.4) is 0 Å². The molecular formula is C18H20O4S. The molecule has 0 atom stereocenters. The second kappa shape index (κ2) is 6.16. The number of benzene rings is 2. The molecule has 122 valence electrons. The van der Waals surface area contributed by atoms with Crippen LogP contribution >= 0.6 is 0 Å². The van der Waals surface area contributed by atoms with Gasteiger partial charge in [0, 0.05) is 0 Å². The second-order valence-electron chi connectivity index (χ2n) is 6.41. The molecule has 0 unspecified atom stereocenters. The van der Waals surface area contributed by atoms with Crippen molar-refractivity contribution in [2.24, 2.45) is 0 Å². The molecular weight excluding hydrogens is 312 g/mol. The molecule has 2 rings (SSSR count). The summed E-state index contributed by atoms with van der Waals surface area (Å²) in [5, 5.41) is 11.3. The lowest BCUT2D eigenvalue weighted by atomic mass is 10.0. The van der Waals surface area contributed by atoms with Crippen LogP contribution in [0.25, 0.3) is 16.8 Å². The SMILES string of the molecule is CC(C)(C)S(=O)(=O)CC(=Cc1cccc2ccccc12)C(=O)O. The number of aliphatic carboxylic acids is 1. The highest BCUT2D eigenvalue weighted by Crippen LogP contribution is 2.23. The maximum absolute atomic E-state index is 12.3. The number of rotatable bonds is 4. The summed E-state index contributed by atoms with van der Waals surface area (Å²) in [5.74, 6) is -1.71. The Kier molecular flexibility index (Phi) is 4.61. The number of hydrogen-bond acceptors (Lipinski definition) is 3. The van der Waals surface area contributed by atoms with Crippen molar-refractivity contribution < 1.29 is 18.3 Å². The Labute approximate surface area is 136 Å². The molecule has 0 fully saturated rings. The summed E-state index contributed by atoms with van der Waals surface area (Å²) >= 11 is 0. The Morgan fingerprint density at radius 2 is 1.70 bits per heavy atom. The van der Waals surface area contributed by atoms with E-state index in [1.165, 1.54) is 6.08 Å². The topological polar surface area (TPSA) is 71.4 Å². The Bertz CT molecular complexity index is 866. The molecule has 0 saturated heterocycles. The third kappa shape index (κ3) is 3.79. The van der Waals surface area contributed by atoms with Crippen LogP contribution in [0.4, 0.5) is 0 Å². The molecule has 0 saturated carbocycles. The number of fused-ring (bicyclic) bond motifs is 1. The molecule has 0 heterocycles. The van der Waals surface area contributed by atoms with E-state index in [0.717, 1.165) is 10.8 Å². The van der Waals surface area contributed by atoms with Gasteiger partial charge in [0.1, 0.15) is 0 Å². The van der Waals surface area contributed by atoms with Crippen LogP contribution in [-0.2, 0) is 14.6 Å². The lowest BCUT2D eigenvalue weighted by molar-refractivity contribution is -0.132. The smallest absolute Gasteiger partial charge is 0.332 e. The largest absolute Gasteiger partial charge is 0.478 e. The van der Waals surface area contributed by atoms with Gasteiger partial charge in [0.2, 0.25) is 0 Å². The van der Waals surface area contributed by atoms with Gasteiger partial charge in [-0.3, -0.25) is 0 Å². The molecule has 0 spiro atoms. The summed E-state index contributed by atoms with van der Waals surface area (Å²) in [6, 6.07) is 13.1. The Balaban J connectivity index is 2.53. The van der Waals surface area contributed by atoms with E-state index in [-0.39, 0.29) is 5.57 Å². The number of carbonyl (C=O) groups is 1. The van der Waals surface area contributed by atoms with Crippen molar-refractivity contribution in [1.82, 2.24) is 0 Å². The highest BCUT2D eigenvalue weighted by atomic mass is 32.2. The summed E-state index contributed by atoms with van der Waals surface area (Å²) in [5.41, 5.74) is 0.570. The third-order valence-corrected chi connectivity index (χ3v) is 6.26. The van der Waals surface area contributed by atoms with Gasteiger partial charge in [-0.25, -0.2) is 13.2 Å². The van der Waals surface area contributed by atoms with Crippen LogP contribution in [0.15, 0.2) is 48.0 Å². The molecule has 0 bridgehead atoms. The predicted molar refractivity (Wildman–Crippen MR) is 93.1 cm³/mol. The van der Waals surface area contributed by atoms with Crippen LogP contribution in [0.1, 0.15) is 26.3 Å². The van der Waals surface area contributed by atoms with Crippen molar-refractivity contribution >= 4 is 32.7 Å². The van der Waals surface area contributed by atoms with Gasteiger partial charge in [-0.1, -0.05) is 42.5 Å². The van der Waals surface area contributed by atoms with Gasteiger partial charge < -0.3 is 5.11 Å². The maximum Gasteiger partial charge on any atom is 0.332 e. The van der Waals surface area contributed by atoms with Crippen molar-refractivity contribution in [2.45, 2.75) is 25.5 Å². The molecule has 0 radical (unpaired) electrons. The minimum atomic E-state index is -3.56. The third-order valence-electron chi connectivity index (χ3n) is 3.71. The first kappa shape index (κ1) is 17.2. The molecule has 2 aromatic carbocycles. The zero-order valence-corrected chi connectivity index (χ0v) is 14.2. The minimum Gasteiger partial charge on any atom is -0.478 e. The van der Waals surface area contributed by atoms with Crippen molar-refractivity contribution in [2.75, 3.05) is 5.75 Å². The monoisotopic (exact) mass is 332 g/mol. The quantitative estimate of drug-likeness (QED) is 0.870. The summed E-state index contributed by atoms with van der Waals surface area (Å²) in [7, 11) is -3.56. The van der Waals surface area contributed by atoms with E-state index in [2.05, 4.69) is 0 Å². The molecule has 0 amide bonds. The number of sulfone groups is 1. The highest BCUT2D eigenvalue weighted by Gasteiger charge is 2.31. The summed E-state index contributed by atoms with van der Waals surface area (Å²) in [4.78, 5) is 11.5. The van der Waals surface area contributed by atoms with Gasteiger partial charge in [0.15, 0.2) is 9.84 Å². The molecule has 4 nitrogen and oxygen atoms in total. The molecule has 1 N–H and O–H groups in total. The average Bonchev–Trinajstić information content (AvgIpc) is 2.45. The first-order valence-electron chi connectivity index (χ1n) is 7.26. The van der Waals surface area contributed by atoms with Crippen molar-refractivity contribution in [1.29, 1.82) is 0 Å². The lowest BCUT2D eigenvalue weighted by Crippen LogP contribution is -2.32. The van der Waals surface area contributed by atoms with E-state index < -0.39 is 26.3 Å². The summed E-state index contributed by atoms with van der Waals surface area (Å²) in [6.45, 7) is 4.71. The van der Waals surface area contributed by atoms with Gasteiger partial charge in [0.25, 0.3) is 0 Å². The van der Waals surface area contributed by atoms with Crippen molar-refractivity contribution in [3.8, 4) is 0 Å². The number of carboxylic acids is 1. The van der Waals surface area contributed by atoms with E-state index in [0.29, 0.717) is 5.56 Å². The van der Waals surface area contributed by atoms with Crippen LogP contribution in [0.2, 0.25) is 0 Å². The molecule has 0 aliphatic carbocycles. The molecule has 2 aromatic rings. The van der Waals surface area contributed by atoms with E-state index in [1.807, 2.05) is 36.4 Å². The standard InChI is InChI=1S/C18H20O4S/c1-18(2,3)23(21,22)12-15(17(19)20)11-14-9-6-8-13-7-4-5-10-16(13)14/h4-11H,12H2,1-3H3,(H,19,20). The Morgan fingerprint density at radius 1 is 1.09 bits per heavy atom. The molecule has 23 heavy (non-hydrogen) atoms. The second-order valence-corrected chi connectivity index (χ2v) is 9.16. The Hall–Kier alpha value is -2.14. The van der Waals surface area contributed by atoms with E-state index in [9.17, 15) is 18.3 Å². The number of hydrogen-bond donors (Lipinski definition) is 1. The predicted octanol–water partition coefficient (Wildman–Crippen LogP) is 3.52. The fourth-order valence-electron chi connectivity index (χ4n) is 2.15. The van der Waals surface area contributed by atoms with Gasteiger partial charge in [-0.05, 0) is 43.2 Å². The van der Waals surface area contributed by atoms with Crippen LogP contribution in [0, 0.1) is 0 Å². The maximum atomic E-state index is 12.3. The average molecular weight is 332 g/mol. The lowest BCUT2D eigenvalue weighted by Gasteiger charge is -2.19. The van der Waals surface area contributed by atoms with Crippen LogP contribution in [0.5, 0.6) is 0 Å². The van der Waals surface area contributed by atoms with Gasteiger partial charge in [-0.15, -0.1) is 0 Å². The molecule has 5 heteroatoms. The summed E-state index contributed by atoms with van der Waals surface area (Å²) < 4.78 is 23.6. The zero-order valence-electron chi connectivity index (χ0n) is 13.4. The van der Waals surface area contributed by atoms with E-state index >= 15 is 0 Å². The van der Waals surface area contributed by atoms with Crippen molar-refractivity contribution in [3.63, 3.8) is 0 Å². The first-order valence-corrected chi connectivity index (χ1v) is 8.91. The highest BCUT2D eigenvalue weighted by molar-refractivity contribution is 7.92. The summed E-state index contributed by atoms with van der Waals surface area (Å²) in [6.07, 6.45) is 1.45. The zero-order chi connectivity index (χ0) is 17.3. The molecule has 0 aliphatic heterocycles. The van der Waals surface area contributed by atoms with Crippen LogP contribution < -0.4 is 0 Å². The Morgan fingerprint density at radius 3 is 2.30 bits per heavy atom. The van der Waals surface area contributed by atoms with Gasteiger partial charge in [0.05, 0.1) is 16.1 Å². The van der Waals surface area contributed by atoms with Crippen LogP contribution in [-0.4, -0.2) is 30.0 Å². The van der Waals surface area contributed by atoms with Crippen molar-refractivity contribution in [3.05, 3.63) is 53.6 Å².